The van der Waals surface area contributed by atoms with Gasteiger partial charge in [0.15, 0.2) is 0 Å². The number of non-ortho nitro benzene ring substituents is 1. The molecule has 0 fully saturated rings. The van der Waals surface area contributed by atoms with Crippen molar-refractivity contribution in [3.05, 3.63) is 139 Å². The summed E-state index contributed by atoms with van der Waals surface area (Å²) in [5.74, 6) is 0. The molecule has 78 heavy (non-hydrogen) atoms. The number of fused-ring (bicyclic) bond motifs is 8. The Labute approximate surface area is 452 Å². The minimum absolute atomic E-state index is 0.184. The summed E-state index contributed by atoms with van der Waals surface area (Å²) in [5, 5.41) is 24.5. The molecule has 0 atom stereocenters. The summed E-state index contributed by atoms with van der Waals surface area (Å²) in [6, 6.07) is 32.1. The molecule has 0 aliphatic heterocycles. The standard InChI is InChI=1S/C68H68N6O4/c1-3-5-7-9-11-13-15-17-19-21-25-41-35-43-27-23-29-54-57(43)52(37-41)70-65-47-34-32-46-62-56(74(77)78)40-50-60-48(33-31-45(64(60)62)61-51(69)39-49(59(47)63(46)61)67(75)72(54)65)66-71-53-38-42(26-22-20-18-16-14-12-10-8-6-4-2)36-44-28-24-30-55(58(44)53)73(66)68(50)76/h23-24,27-40H,3-22,25-26,69H2,1-2H3. The van der Waals surface area contributed by atoms with E-state index >= 15 is 9.59 Å². The van der Waals surface area contributed by atoms with Gasteiger partial charge in [-0.2, -0.15) is 0 Å². The number of unbranched alkanes of at least 4 members (excludes halogenated alkanes) is 18. The molecule has 0 spiro atoms. The lowest BCUT2D eigenvalue weighted by Crippen LogP contribution is -2.18. The SMILES string of the molecule is CCCCCCCCCCCCc1cc2cccc3c2c(c1)nc1c2ccc4c5c([N+](=O)[O-])cc6c(=O)n7c8cccc9cc(CCCCCCCCCCCC)cc(nc7c7ccc(c%10c(N)cc(c(=O)n31)c2c4%10)c5c67)c98. The maximum absolute atomic E-state index is 15.2. The monoisotopic (exact) mass is 1030 g/mol. The van der Waals surface area contributed by atoms with Crippen LogP contribution in [0.5, 0.6) is 0 Å². The highest BCUT2D eigenvalue weighted by Crippen LogP contribution is 2.50. The number of pyridine rings is 2. The van der Waals surface area contributed by atoms with Crippen LogP contribution in [-0.4, -0.2) is 23.7 Å². The third-order valence-electron chi connectivity index (χ3n) is 17.6. The summed E-state index contributed by atoms with van der Waals surface area (Å²) in [5.41, 5.74) is 13.4. The lowest BCUT2D eigenvalue weighted by atomic mass is 9.84. The van der Waals surface area contributed by atoms with Gasteiger partial charge in [0.25, 0.3) is 16.8 Å². The van der Waals surface area contributed by atoms with E-state index in [1.54, 1.807) is 14.9 Å². The van der Waals surface area contributed by atoms with Crippen molar-refractivity contribution in [1.82, 2.24) is 18.8 Å². The maximum Gasteiger partial charge on any atom is 0.278 e. The molecule has 4 heterocycles. The van der Waals surface area contributed by atoms with Crippen molar-refractivity contribution in [2.24, 2.45) is 0 Å². The minimum atomic E-state index is -0.381. The molecule has 10 heteroatoms. The number of nitrogens with zero attached hydrogens (tertiary/aromatic N) is 5. The summed E-state index contributed by atoms with van der Waals surface area (Å²) >= 11 is 0. The van der Waals surface area contributed by atoms with Gasteiger partial charge in [0.2, 0.25) is 0 Å². The highest BCUT2D eigenvalue weighted by Gasteiger charge is 2.30. The fraction of sp³-hybridized carbons (Fsp3) is 0.353. The van der Waals surface area contributed by atoms with Gasteiger partial charge < -0.3 is 5.73 Å². The highest BCUT2D eigenvalue weighted by atomic mass is 16.6. The molecule has 0 radical (unpaired) electrons. The molecule has 0 unspecified atom stereocenters. The molecule has 0 aliphatic carbocycles. The second kappa shape index (κ2) is 20.6. The number of aromatic nitrogens is 4. The van der Waals surface area contributed by atoms with Gasteiger partial charge in [0, 0.05) is 60.2 Å². The Balaban J connectivity index is 0.939. The predicted molar refractivity (Wildman–Crippen MR) is 327 cm³/mol. The van der Waals surface area contributed by atoms with Gasteiger partial charge in [0.05, 0.1) is 43.1 Å². The highest BCUT2D eigenvalue weighted by molar-refractivity contribution is 6.44. The van der Waals surface area contributed by atoms with Crippen LogP contribution in [0, 0.1) is 10.1 Å². The molecule has 4 aromatic heterocycles. The van der Waals surface area contributed by atoms with E-state index in [4.69, 9.17) is 15.7 Å². The Morgan fingerprint density at radius 2 is 0.846 bits per heavy atom. The Morgan fingerprint density at radius 3 is 1.31 bits per heavy atom. The van der Waals surface area contributed by atoms with Gasteiger partial charge in [-0.25, -0.2) is 9.97 Å². The Hall–Kier alpha value is -7.72. The molecule has 2 N–H and O–H groups in total. The fourth-order valence-corrected chi connectivity index (χ4v) is 13.9. The second-order valence-electron chi connectivity index (χ2n) is 22.8. The van der Waals surface area contributed by atoms with E-state index in [1.165, 1.54) is 133 Å². The van der Waals surface area contributed by atoms with E-state index in [0.29, 0.717) is 71.0 Å². The first-order chi connectivity index (χ1) is 38.2. The lowest BCUT2D eigenvalue weighted by Gasteiger charge is -2.21. The van der Waals surface area contributed by atoms with Crippen LogP contribution in [0.25, 0.3) is 120 Å². The number of benzene rings is 9. The second-order valence-corrected chi connectivity index (χ2v) is 22.8. The summed E-state index contributed by atoms with van der Waals surface area (Å²) < 4.78 is 3.38. The van der Waals surface area contributed by atoms with Crippen LogP contribution in [0.15, 0.2) is 107 Å². The molecule has 9 aromatic carbocycles. The molecule has 13 rings (SSSR count). The average Bonchev–Trinajstić information content (AvgIpc) is 3.57. The molecule has 0 aliphatic rings. The van der Waals surface area contributed by atoms with Gasteiger partial charge in [-0.15, -0.1) is 0 Å². The number of anilines is 1. The topological polar surface area (TPSA) is 138 Å². The van der Waals surface area contributed by atoms with Crippen molar-refractivity contribution in [2.45, 2.75) is 155 Å². The predicted octanol–water partition coefficient (Wildman–Crippen LogP) is 18.0. The molecule has 0 amide bonds. The van der Waals surface area contributed by atoms with Crippen LogP contribution >= 0.6 is 0 Å². The third-order valence-corrected chi connectivity index (χ3v) is 17.6. The quantitative estimate of drug-likeness (QED) is 0.0168. The van der Waals surface area contributed by atoms with Crippen LogP contribution in [0.1, 0.15) is 153 Å². The number of nitro groups is 1. The fourth-order valence-electron chi connectivity index (χ4n) is 13.9. The average molecular weight is 1030 g/mol. The van der Waals surface area contributed by atoms with Crippen molar-refractivity contribution in [3.63, 3.8) is 0 Å². The lowest BCUT2D eigenvalue weighted by molar-refractivity contribution is -0.382. The minimum Gasteiger partial charge on any atom is -0.398 e. The zero-order chi connectivity index (χ0) is 53.2. The van der Waals surface area contributed by atoms with Crippen molar-refractivity contribution < 1.29 is 4.92 Å². The van der Waals surface area contributed by atoms with Crippen LogP contribution in [0.4, 0.5) is 11.4 Å². The summed E-state index contributed by atoms with van der Waals surface area (Å²) in [7, 11) is 0. The molecule has 10 nitrogen and oxygen atoms in total. The van der Waals surface area contributed by atoms with E-state index in [1.807, 2.05) is 48.5 Å². The molecular weight excluding hydrogens is 965 g/mol. The number of nitro benzene ring substituents is 1. The van der Waals surface area contributed by atoms with E-state index in [9.17, 15) is 10.1 Å². The van der Waals surface area contributed by atoms with Crippen molar-refractivity contribution in [2.75, 3.05) is 5.73 Å². The molecular formula is C68H68N6O4. The van der Waals surface area contributed by atoms with Crippen LogP contribution in [0.3, 0.4) is 0 Å². The van der Waals surface area contributed by atoms with Crippen LogP contribution in [0.2, 0.25) is 0 Å². The first kappa shape index (κ1) is 49.8. The number of hydrogen-bond donors (Lipinski definition) is 1. The zero-order valence-electron chi connectivity index (χ0n) is 45.2. The van der Waals surface area contributed by atoms with Crippen molar-refractivity contribution in [1.29, 1.82) is 0 Å². The van der Waals surface area contributed by atoms with Crippen molar-refractivity contribution in [3.8, 4) is 0 Å². The summed E-state index contributed by atoms with van der Waals surface area (Å²) in [6.07, 6.45) is 27.5. The largest absolute Gasteiger partial charge is 0.398 e. The Bertz CT molecular complexity index is 4590. The van der Waals surface area contributed by atoms with Gasteiger partial charge in [0.1, 0.15) is 11.3 Å². The van der Waals surface area contributed by atoms with Gasteiger partial charge in [-0.3, -0.25) is 28.5 Å². The third kappa shape index (κ3) is 8.19. The smallest absolute Gasteiger partial charge is 0.278 e. The zero-order valence-corrected chi connectivity index (χ0v) is 45.2. The maximum atomic E-state index is 15.2. The molecule has 0 saturated heterocycles. The first-order valence-corrected chi connectivity index (χ1v) is 29.4. The molecule has 0 bridgehead atoms. The number of hydrogen-bond acceptors (Lipinski definition) is 7. The van der Waals surface area contributed by atoms with E-state index in [2.05, 4.69) is 50.2 Å². The molecule has 0 saturated carbocycles. The van der Waals surface area contributed by atoms with Crippen molar-refractivity contribution >= 4 is 131 Å². The van der Waals surface area contributed by atoms with E-state index < -0.39 is 0 Å². The Morgan fingerprint density at radius 1 is 0.436 bits per heavy atom. The summed E-state index contributed by atoms with van der Waals surface area (Å²) in [4.78, 5) is 54.3. The molecule has 394 valence electrons. The van der Waals surface area contributed by atoms with Crippen LogP contribution in [-0.2, 0) is 12.8 Å². The Kier molecular flexibility index (Phi) is 13.1. The number of rotatable bonds is 23. The number of nitrogen functional groups attached to an aromatic ring is 1. The summed E-state index contributed by atoms with van der Waals surface area (Å²) in [6.45, 7) is 4.53. The molecule has 13 aromatic rings. The first-order valence-electron chi connectivity index (χ1n) is 29.4. The normalized spacial score (nSPS) is 12.6. The van der Waals surface area contributed by atoms with E-state index in [0.717, 1.165) is 74.6 Å². The van der Waals surface area contributed by atoms with Gasteiger partial charge >= 0.3 is 0 Å². The van der Waals surface area contributed by atoms with E-state index in [-0.39, 0.29) is 27.1 Å². The number of nitrogens with two attached hydrogens (primary N) is 1. The van der Waals surface area contributed by atoms with Crippen LogP contribution < -0.4 is 16.9 Å². The van der Waals surface area contributed by atoms with Gasteiger partial charge in [-0.05, 0) is 101 Å². The number of aryl methyl sites for hydroxylation is 2. The van der Waals surface area contributed by atoms with Gasteiger partial charge in [-0.1, -0.05) is 178 Å².